The fourth-order valence-corrected chi connectivity index (χ4v) is 5.16. The van der Waals surface area contributed by atoms with Crippen LogP contribution >= 0.6 is 11.8 Å². The number of methoxy groups -OCH3 is 1. The molecule has 2 aromatic carbocycles. The molecular weight excluding hydrogens is 368 g/mol. The first-order valence-corrected chi connectivity index (χ1v) is 11.3. The van der Waals surface area contributed by atoms with E-state index in [-0.39, 0.29) is 0 Å². The number of thioether (sulfide) groups is 1. The first-order valence-electron chi connectivity index (χ1n) is 10.3. The van der Waals surface area contributed by atoms with Crippen LogP contribution in [0.1, 0.15) is 18.4 Å². The summed E-state index contributed by atoms with van der Waals surface area (Å²) in [6.07, 6.45) is 3.54. The van der Waals surface area contributed by atoms with Crippen molar-refractivity contribution in [2.24, 2.45) is 0 Å². The van der Waals surface area contributed by atoms with E-state index in [1.807, 2.05) is 23.9 Å². The van der Waals surface area contributed by atoms with Gasteiger partial charge in [-0.1, -0.05) is 24.3 Å². The van der Waals surface area contributed by atoms with Crippen molar-refractivity contribution in [1.82, 2.24) is 4.90 Å². The second-order valence-corrected chi connectivity index (χ2v) is 8.50. The summed E-state index contributed by atoms with van der Waals surface area (Å²) in [7, 11) is 1.75. The van der Waals surface area contributed by atoms with E-state index >= 15 is 0 Å². The Morgan fingerprint density at radius 2 is 1.79 bits per heavy atom. The lowest BCUT2D eigenvalue weighted by Crippen LogP contribution is -2.46. The van der Waals surface area contributed by atoms with Crippen LogP contribution in [0.15, 0.2) is 47.4 Å². The zero-order chi connectivity index (χ0) is 19.2. The summed E-state index contributed by atoms with van der Waals surface area (Å²) in [5.74, 6) is 3.26. The number of aryl methyl sites for hydroxylation is 1. The number of rotatable bonds is 7. The highest BCUT2D eigenvalue weighted by Crippen LogP contribution is 2.37. The summed E-state index contributed by atoms with van der Waals surface area (Å²) in [6, 6.07) is 14.8. The number of para-hydroxylation sites is 2. The summed E-state index contributed by atoms with van der Waals surface area (Å²) >= 11 is 1.95. The van der Waals surface area contributed by atoms with E-state index in [2.05, 4.69) is 40.1 Å². The topological polar surface area (TPSA) is 24.9 Å². The van der Waals surface area contributed by atoms with Crippen molar-refractivity contribution in [2.75, 3.05) is 57.1 Å². The lowest BCUT2D eigenvalue weighted by atomic mass is 10.1. The van der Waals surface area contributed by atoms with Gasteiger partial charge in [0.15, 0.2) is 0 Å². The van der Waals surface area contributed by atoms with Gasteiger partial charge >= 0.3 is 0 Å². The van der Waals surface area contributed by atoms with Crippen LogP contribution in [0.2, 0.25) is 0 Å². The molecule has 1 fully saturated rings. The molecule has 0 aromatic heterocycles. The Kier molecular flexibility index (Phi) is 6.65. The third kappa shape index (κ3) is 4.58. The molecule has 2 aliphatic heterocycles. The predicted octanol–water partition coefficient (Wildman–Crippen LogP) is 4.32. The fourth-order valence-electron chi connectivity index (χ4n) is 4.05. The number of ether oxygens (including phenoxy) is 2. The van der Waals surface area contributed by atoms with Gasteiger partial charge in [-0.15, -0.1) is 11.8 Å². The van der Waals surface area contributed by atoms with E-state index in [0.717, 1.165) is 57.3 Å². The summed E-state index contributed by atoms with van der Waals surface area (Å²) in [4.78, 5) is 6.35. The molecule has 2 aromatic rings. The lowest BCUT2D eigenvalue weighted by molar-refractivity contribution is 0.222. The van der Waals surface area contributed by atoms with Crippen LogP contribution in [0.25, 0.3) is 0 Å². The third-order valence-corrected chi connectivity index (χ3v) is 6.82. The van der Waals surface area contributed by atoms with Crippen LogP contribution in [0.3, 0.4) is 0 Å². The first kappa shape index (κ1) is 19.5. The molecule has 2 heterocycles. The van der Waals surface area contributed by atoms with Crippen LogP contribution in [-0.2, 0) is 6.42 Å². The largest absolute Gasteiger partial charge is 0.495 e. The SMILES string of the molecule is COc1ccccc1N1CCN(CCCOc2cccc3c2SCCC3)CC1. The molecular formula is C23H30N2O2S. The minimum Gasteiger partial charge on any atom is -0.495 e. The normalized spacial score (nSPS) is 17.2. The van der Waals surface area contributed by atoms with Gasteiger partial charge in [-0.2, -0.15) is 0 Å². The standard InChI is InChI=1S/C23H30N2O2S/c1-26-21-10-3-2-9-20(21)25-15-13-24(14-16-25)12-6-17-27-22-11-4-7-19-8-5-18-28-23(19)22/h2-4,7,9-11H,5-6,8,12-18H2,1H3. The van der Waals surface area contributed by atoms with Crippen molar-refractivity contribution in [3.63, 3.8) is 0 Å². The molecule has 0 spiro atoms. The highest BCUT2D eigenvalue weighted by Gasteiger charge is 2.19. The lowest BCUT2D eigenvalue weighted by Gasteiger charge is -2.36. The number of benzene rings is 2. The Labute approximate surface area is 172 Å². The molecule has 2 aliphatic rings. The Balaban J connectivity index is 1.21. The second kappa shape index (κ2) is 9.57. The van der Waals surface area contributed by atoms with E-state index in [1.54, 1.807) is 7.11 Å². The zero-order valence-corrected chi connectivity index (χ0v) is 17.5. The molecule has 0 saturated carbocycles. The molecule has 0 bridgehead atoms. The third-order valence-electron chi connectivity index (χ3n) is 5.57. The van der Waals surface area contributed by atoms with Crippen molar-refractivity contribution >= 4 is 17.4 Å². The molecule has 4 nitrogen and oxygen atoms in total. The van der Waals surface area contributed by atoms with Gasteiger partial charge in [0.1, 0.15) is 11.5 Å². The molecule has 0 atom stereocenters. The minimum absolute atomic E-state index is 0.795. The molecule has 0 unspecified atom stereocenters. The van der Waals surface area contributed by atoms with E-state index in [1.165, 1.54) is 34.7 Å². The van der Waals surface area contributed by atoms with Gasteiger partial charge in [0.25, 0.3) is 0 Å². The maximum absolute atomic E-state index is 6.14. The molecule has 4 rings (SSSR count). The number of anilines is 1. The molecule has 0 N–H and O–H groups in total. The Morgan fingerprint density at radius 3 is 2.64 bits per heavy atom. The summed E-state index contributed by atoms with van der Waals surface area (Å²) in [5.41, 5.74) is 2.67. The summed E-state index contributed by atoms with van der Waals surface area (Å²) in [6.45, 7) is 6.17. The smallest absolute Gasteiger partial charge is 0.142 e. The second-order valence-electron chi connectivity index (χ2n) is 7.40. The monoisotopic (exact) mass is 398 g/mol. The molecule has 150 valence electrons. The van der Waals surface area contributed by atoms with Crippen molar-refractivity contribution in [2.45, 2.75) is 24.2 Å². The van der Waals surface area contributed by atoms with Gasteiger partial charge < -0.3 is 14.4 Å². The van der Waals surface area contributed by atoms with Crippen molar-refractivity contribution in [3.05, 3.63) is 48.0 Å². The van der Waals surface area contributed by atoms with Crippen molar-refractivity contribution in [3.8, 4) is 11.5 Å². The highest BCUT2D eigenvalue weighted by molar-refractivity contribution is 7.99. The highest BCUT2D eigenvalue weighted by atomic mass is 32.2. The molecule has 28 heavy (non-hydrogen) atoms. The zero-order valence-electron chi connectivity index (χ0n) is 16.7. The van der Waals surface area contributed by atoms with Crippen LogP contribution in [0, 0.1) is 0 Å². The van der Waals surface area contributed by atoms with E-state index in [4.69, 9.17) is 9.47 Å². The van der Waals surface area contributed by atoms with Crippen LogP contribution in [0.5, 0.6) is 11.5 Å². The van der Waals surface area contributed by atoms with Crippen LogP contribution in [0.4, 0.5) is 5.69 Å². The molecule has 0 radical (unpaired) electrons. The number of hydrogen-bond donors (Lipinski definition) is 0. The summed E-state index contributed by atoms with van der Waals surface area (Å²) < 4.78 is 11.7. The van der Waals surface area contributed by atoms with Gasteiger partial charge in [-0.05, 0) is 48.8 Å². The predicted molar refractivity (Wildman–Crippen MR) is 117 cm³/mol. The van der Waals surface area contributed by atoms with Gasteiger partial charge in [-0.25, -0.2) is 0 Å². The maximum Gasteiger partial charge on any atom is 0.142 e. The van der Waals surface area contributed by atoms with E-state index in [9.17, 15) is 0 Å². The van der Waals surface area contributed by atoms with Gasteiger partial charge in [0.2, 0.25) is 0 Å². The minimum atomic E-state index is 0.795. The molecule has 5 heteroatoms. The van der Waals surface area contributed by atoms with Crippen LogP contribution in [-0.4, -0.2) is 57.1 Å². The average Bonchev–Trinajstić information content (AvgIpc) is 2.77. The number of nitrogens with zero attached hydrogens (tertiary/aromatic N) is 2. The van der Waals surface area contributed by atoms with Crippen molar-refractivity contribution < 1.29 is 9.47 Å². The molecule has 1 saturated heterocycles. The van der Waals surface area contributed by atoms with Gasteiger partial charge in [0, 0.05) is 32.7 Å². The Bertz CT molecular complexity index is 775. The van der Waals surface area contributed by atoms with Gasteiger partial charge in [0.05, 0.1) is 24.3 Å². The number of piperazine rings is 1. The number of fused-ring (bicyclic) bond motifs is 1. The maximum atomic E-state index is 6.14. The first-order chi connectivity index (χ1) is 13.8. The van der Waals surface area contributed by atoms with Gasteiger partial charge in [-0.3, -0.25) is 4.90 Å². The fraction of sp³-hybridized carbons (Fsp3) is 0.478. The Morgan fingerprint density at radius 1 is 0.964 bits per heavy atom. The van der Waals surface area contributed by atoms with E-state index in [0.29, 0.717) is 0 Å². The summed E-state index contributed by atoms with van der Waals surface area (Å²) in [5, 5.41) is 0. The van der Waals surface area contributed by atoms with E-state index < -0.39 is 0 Å². The molecule has 0 aliphatic carbocycles. The number of hydrogen-bond acceptors (Lipinski definition) is 5. The Hall–Kier alpha value is -1.85. The quantitative estimate of drug-likeness (QED) is 0.647. The van der Waals surface area contributed by atoms with Crippen LogP contribution < -0.4 is 14.4 Å². The average molecular weight is 399 g/mol. The van der Waals surface area contributed by atoms with Crippen molar-refractivity contribution in [1.29, 1.82) is 0 Å². The molecule has 0 amide bonds.